The fourth-order valence-corrected chi connectivity index (χ4v) is 2.65. The molecule has 1 atom stereocenters. The summed E-state index contributed by atoms with van der Waals surface area (Å²) in [5.74, 6) is 0.0620. The fourth-order valence-electron chi connectivity index (χ4n) is 2.65. The largest absolute Gasteiger partial charge is 0.394 e. The van der Waals surface area contributed by atoms with Gasteiger partial charge < -0.3 is 10.0 Å². The van der Waals surface area contributed by atoms with Crippen molar-refractivity contribution in [3.05, 3.63) is 35.4 Å². The van der Waals surface area contributed by atoms with Crippen LogP contribution in [0.2, 0.25) is 0 Å². The van der Waals surface area contributed by atoms with E-state index in [-0.39, 0.29) is 18.4 Å². The van der Waals surface area contributed by atoms with Crippen LogP contribution in [0.3, 0.4) is 0 Å². The van der Waals surface area contributed by atoms with Crippen molar-refractivity contribution in [3.63, 3.8) is 0 Å². The molecule has 2 rings (SSSR count). The number of aryl methyl sites for hydroxylation is 1. The lowest BCUT2D eigenvalue weighted by molar-refractivity contribution is -0.138. The van der Waals surface area contributed by atoms with Gasteiger partial charge in [0.1, 0.15) is 0 Å². The Bertz CT molecular complexity index is 468. The number of aliphatic hydroxyl groups excluding tert-OH is 1. The Morgan fingerprint density at radius 3 is 2.79 bits per heavy atom. The van der Waals surface area contributed by atoms with Crippen molar-refractivity contribution in [2.24, 2.45) is 0 Å². The smallest absolute Gasteiger partial charge is 0.230 e. The molecule has 0 saturated heterocycles. The molecule has 0 fully saturated rings. The quantitative estimate of drug-likeness (QED) is 0.907. The summed E-state index contributed by atoms with van der Waals surface area (Å²) in [4.78, 5) is 14.4. The lowest BCUT2D eigenvalue weighted by atomic mass is 9.81. The number of hydrogen-bond acceptors (Lipinski definition) is 2. The molecular formula is C16H23NO2. The van der Waals surface area contributed by atoms with Gasteiger partial charge in [0, 0.05) is 7.05 Å². The molecule has 1 unspecified atom stereocenters. The molecule has 0 saturated carbocycles. The zero-order chi connectivity index (χ0) is 14.0. The fraction of sp³-hybridized carbons (Fsp3) is 0.562. The third-order valence-corrected chi connectivity index (χ3v) is 4.29. The first-order chi connectivity index (χ1) is 8.97. The van der Waals surface area contributed by atoms with Crippen molar-refractivity contribution >= 4 is 5.91 Å². The van der Waals surface area contributed by atoms with Gasteiger partial charge in [-0.15, -0.1) is 0 Å². The third-order valence-electron chi connectivity index (χ3n) is 4.29. The Hall–Kier alpha value is -1.35. The van der Waals surface area contributed by atoms with Gasteiger partial charge in [-0.3, -0.25) is 4.79 Å². The van der Waals surface area contributed by atoms with E-state index < -0.39 is 5.54 Å². The van der Waals surface area contributed by atoms with Crippen LogP contribution < -0.4 is 0 Å². The highest BCUT2D eigenvalue weighted by Gasteiger charge is 2.34. The van der Waals surface area contributed by atoms with E-state index in [2.05, 4.69) is 12.1 Å². The van der Waals surface area contributed by atoms with E-state index in [1.807, 2.05) is 26.0 Å². The molecule has 0 bridgehead atoms. The first-order valence-electron chi connectivity index (χ1n) is 6.93. The number of likely N-dealkylation sites (N-methyl/N-ethyl adjacent to an activating group) is 1. The molecule has 1 aliphatic rings. The van der Waals surface area contributed by atoms with Crippen LogP contribution in [0.1, 0.15) is 43.7 Å². The predicted molar refractivity (Wildman–Crippen MR) is 76.1 cm³/mol. The minimum Gasteiger partial charge on any atom is -0.394 e. The number of amides is 1. The van der Waals surface area contributed by atoms with Crippen LogP contribution in [0.5, 0.6) is 0 Å². The molecule has 1 aliphatic carbocycles. The number of carbonyl (C=O) groups is 1. The van der Waals surface area contributed by atoms with Crippen LogP contribution in [0.25, 0.3) is 0 Å². The van der Waals surface area contributed by atoms with Crippen molar-refractivity contribution < 1.29 is 9.90 Å². The lowest BCUT2D eigenvalue weighted by Gasteiger charge is -2.37. The first-order valence-corrected chi connectivity index (χ1v) is 6.93. The molecule has 3 nitrogen and oxygen atoms in total. The Morgan fingerprint density at radius 2 is 2.11 bits per heavy atom. The lowest BCUT2D eigenvalue weighted by Crippen LogP contribution is -2.49. The number of nitrogens with zero attached hydrogens (tertiary/aromatic N) is 1. The Labute approximate surface area is 115 Å². The molecule has 0 radical (unpaired) electrons. The molecule has 0 aromatic heterocycles. The minimum absolute atomic E-state index is 0.0242. The number of benzene rings is 1. The highest BCUT2D eigenvalue weighted by Crippen LogP contribution is 2.33. The predicted octanol–water partition coefficient (Wildman–Crippen LogP) is 2.34. The number of aliphatic hydroxyl groups is 1. The summed E-state index contributed by atoms with van der Waals surface area (Å²) in [6.07, 6.45) is 3.02. The average molecular weight is 261 g/mol. The van der Waals surface area contributed by atoms with Crippen molar-refractivity contribution in [1.29, 1.82) is 0 Å². The van der Waals surface area contributed by atoms with Gasteiger partial charge in [0.15, 0.2) is 0 Å². The molecule has 0 spiro atoms. The van der Waals surface area contributed by atoms with Gasteiger partial charge in [-0.1, -0.05) is 24.3 Å². The van der Waals surface area contributed by atoms with Crippen molar-refractivity contribution in [3.8, 4) is 0 Å². The molecular weight excluding hydrogens is 238 g/mol. The van der Waals surface area contributed by atoms with E-state index in [0.717, 1.165) is 19.3 Å². The summed E-state index contributed by atoms with van der Waals surface area (Å²) < 4.78 is 0. The second kappa shape index (κ2) is 5.33. The SMILES string of the molecule is CN(C(=O)C1CCCc2ccccc21)C(C)(C)CO. The Kier molecular flexibility index (Phi) is 3.95. The summed E-state index contributed by atoms with van der Waals surface area (Å²) in [5, 5.41) is 9.41. The molecule has 1 amide bonds. The molecule has 1 aromatic rings. The van der Waals surface area contributed by atoms with Gasteiger partial charge in [-0.2, -0.15) is 0 Å². The summed E-state index contributed by atoms with van der Waals surface area (Å²) in [5.41, 5.74) is 1.95. The van der Waals surface area contributed by atoms with Crippen molar-refractivity contribution in [2.45, 2.75) is 44.6 Å². The number of hydrogen-bond donors (Lipinski definition) is 1. The van der Waals surface area contributed by atoms with Gasteiger partial charge in [-0.25, -0.2) is 0 Å². The highest BCUT2D eigenvalue weighted by molar-refractivity contribution is 5.84. The summed E-state index contributed by atoms with van der Waals surface area (Å²) in [6.45, 7) is 3.75. The maximum Gasteiger partial charge on any atom is 0.230 e. The van der Waals surface area contributed by atoms with E-state index in [1.54, 1.807) is 11.9 Å². The van der Waals surface area contributed by atoms with Crippen LogP contribution >= 0.6 is 0 Å². The molecule has 3 heteroatoms. The van der Waals surface area contributed by atoms with Crippen LogP contribution in [-0.4, -0.2) is 35.1 Å². The molecule has 104 valence electrons. The molecule has 1 N–H and O–H groups in total. The van der Waals surface area contributed by atoms with Gasteiger partial charge in [0.25, 0.3) is 0 Å². The van der Waals surface area contributed by atoms with Crippen LogP contribution in [-0.2, 0) is 11.2 Å². The molecule has 1 aromatic carbocycles. The van der Waals surface area contributed by atoms with Gasteiger partial charge in [0.05, 0.1) is 18.1 Å². The monoisotopic (exact) mass is 261 g/mol. The summed E-state index contributed by atoms with van der Waals surface area (Å²) in [6, 6.07) is 8.22. The second-order valence-corrected chi connectivity index (χ2v) is 6.01. The van der Waals surface area contributed by atoms with Crippen molar-refractivity contribution in [2.75, 3.05) is 13.7 Å². The van der Waals surface area contributed by atoms with Gasteiger partial charge in [0.2, 0.25) is 5.91 Å². The first kappa shape index (κ1) is 14.1. The maximum atomic E-state index is 12.7. The summed E-state index contributed by atoms with van der Waals surface area (Å²) in [7, 11) is 1.79. The van der Waals surface area contributed by atoms with Gasteiger partial charge >= 0.3 is 0 Å². The second-order valence-electron chi connectivity index (χ2n) is 6.01. The maximum absolute atomic E-state index is 12.7. The van der Waals surface area contributed by atoms with Crippen LogP contribution in [0, 0.1) is 0 Å². The Balaban J connectivity index is 2.26. The topological polar surface area (TPSA) is 40.5 Å². The van der Waals surface area contributed by atoms with Gasteiger partial charge in [-0.05, 0) is 44.2 Å². The van der Waals surface area contributed by atoms with E-state index in [0.29, 0.717) is 0 Å². The van der Waals surface area contributed by atoms with E-state index in [4.69, 9.17) is 0 Å². The number of rotatable bonds is 3. The average Bonchev–Trinajstić information content (AvgIpc) is 2.45. The van der Waals surface area contributed by atoms with Crippen molar-refractivity contribution in [1.82, 2.24) is 4.90 Å². The highest BCUT2D eigenvalue weighted by atomic mass is 16.3. The molecule has 19 heavy (non-hydrogen) atoms. The zero-order valence-electron chi connectivity index (χ0n) is 12.0. The third kappa shape index (κ3) is 2.66. The summed E-state index contributed by atoms with van der Waals surface area (Å²) >= 11 is 0. The normalized spacial score (nSPS) is 18.8. The standard InChI is InChI=1S/C16H23NO2/c1-16(2,11-18)17(3)15(19)14-10-6-8-12-7-4-5-9-13(12)14/h4-5,7,9,14,18H,6,8,10-11H2,1-3H3. The minimum atomic E-state index is -0.510. The van der Waals surface area contributed by atoms with Crippen LogP contribution in [0.15, 0.2) is 24.3 Å². The van der Waals surface area contributed by atoms with E-state index in [1.165, 1.54) is 11.1 Å². The Morgan fingerprint density at radius 1 is 1.42 bits per heavy atom. The molecule has 0 heterocycles. The van der Waals surface area contributed by atoms with E-state index >= 15 is 0 Å². The molecule has 0 aliphatic heterocycles. The number of fused-ring (bicyclic) bond motifs is 1. The zero-order valence-corrected chi connectivity index (χ0v) is 12.0. The van der Waals surface area contributed by atoms with E-state index in [9.17, 15) is 9.90 Å². The number of carbonyl (C=O) groups excluding carboxylic acids is 1. The van der Waals surface area contributed by atoms with Crippen LogP contribution in [0.4, 0.5) is 0 Å².